The predicted octanol–water partition coefficient (Wildman–Crippen LogP) is 4.34. The van der Waals surface area contributed by atoms with Crippen molar-refractivity contribution in [2.45, 2.75) is 19.2 Å². The van der Waals surface area contributed by atoms with Crippen LogP contribution >= 0.6 is 23.4 Å². The van der Waals surface area contributed by atoms with E-state index in [1.807, 2.05) is 49.4 Å². The topological polar surface area (TPSA) is 55.1 Å². The van der Waals surface area contributed by atoms with E-state index in [0.29, 0.717) is 23.9 Å². The Labute approximate surface area is 149 Å². The minimum Gasteiger partial charge on any atom is -0.439 e. The van der Waals surface area contributed by atoms with Crippen molar-refractivity contribution in [3.8, 4) is 0 Å². The normalized spacial score (nSPS) is 10.9. The highest BCUT2D eigenvalue weighted by molar-refractivity contribution is 7.99. The third-order valence-corrected chi connectivity index (χ3v) is 4.90. The largest absolute Gasteiger partial charge is 0.439 e. The summed E-state index contributed by atoms with van der Waals surface area (Å²) in [6, 6.07) is 13.4. The number of carbonyl (C=O) groups excluding carboxylic acids is 1. The Bertz CT molecular complexity index is 863. The number of halogens is 1. The van der Waals surface area contributed by atoms with Gasteiger partial charge in [0.25, 0.3) is 0 Å². The molecule has 4 nitrogen and oxygen atoms in total. The van der Waals surface area contributed by atoms with Crippen molar-refractivity contribution >= 4 is 40.4 Å². The van der Waals surface area contributed by atoms with E-state index in [-0.39, 0.29) is 5.91 Å². The molecule has 3 rings (SSSR count). The zero-order valence-corrected chi connectivity index (χ0v) is 14.8. The molecule has 0 radical (unpaired) electrons. The Kier molecular flexibility index (Phi) is 5.43. The number of benzene rings is 2. The number of rotatable bonds is 6. The minimum atomic E-state index is -0.0500. The summed E-state index contributed by atoms with van der Waals surface area (Å²) in [4.78, 5) is 16.4. The molecule has 124 valence electrons. The number of hydrogen-bond donors (Lipinski definition) is 1. The molecule has 1 amide bonds. The Morgan fingerprint density at radius 2 is 2.08 bits per heavy atom. The minimum absolute atomic E-state index is 0.0500. The molecule has 0 atom stereocenters. The summed E-state index contributed by atoms with van der Waals surface area (Å²) in [5, 5.41) is 3.56. The summed E-state index contributed by atoms with van der Waals surface area (Å²) in [6.45, 7) is 2.28. The molecule has 0 fully saturated rings. The van der Waals surface area contributed by atoms with E-state index in [9.17, 15) is 4.79 Å². The van der Waals surface area contributed by atoms with Gasteiger partial charge in [0, 0.05) is 10.8 Å². The molecule has 0 aliphatic rings. The van der Waals surface area contributed by atoms with Gasteiger partial charge in [-0.3, -0.25) is 4.79 Å². The van der Waals surface area contributed by atoms with Crippen LogP contribution in [0.25, 0.3) is 11.1 Å². The van der Waals surface area contributed by atoms with Gasteiger partial charge in [-0.05, 0) is 30.2 Å². The fraction of sp³-hybridized carbons (Fsp3) is 0.222. The van der Waals surface area contributed by atoms with Crippen LogP contribution in [0.2, 0.25) is 5.02 Å². The van der Waals surface area contributed by atoms with Gasteiger partial charge in [0.1, 0.15) is 5.52 Å². The van der Waals surface area contributed by atoms with Crippen LogP contribution in [0, 0.1) is 6.92 Å². The number of nitrogens with one attached hydrogen (secondary N) is 1. The van der Waals surface area contributed by atoms with Crippen LogP contribution in [-0.4, -0.2) is 16.6 Å². The lowest BCUT2D eigenvalue weighted by Crippen LogP contribution is -2.24. The molecule has 24 heavy (non-hydrogen) atoms. The second kappa shape index (κ2) is 7.73. The Morgan fingerprint density at radius 1 is 1.25 bits per heavy atom. The first kappa shape index (κ1) is 16.9. The highest BCUT2D eigenvalue weighted by Gasteiger charge is 2.09. The van der Waals surface area contributed by atoms with Gasteiger partial charge >= 0.3 is 0 Å². The van der Waals surface area contributed by atoms with Gasteiger partial charge < -0.3 is 9.73 Å². The van der Waals surface area contributed by atoms with E-state index in [1.165, 1.54) is 11.8 Å². The molecule has 1 aromatic heterocycles. The van der Waals surface area contributed by atoms with Crippen LogP contribution in [0.3, 0.4) is 0 Å². The van der Waals surface area contributed by atoms with Gasteiger partial charge in [0.05, 0.1) is 12.3 Å². The molecule has 0 spiro atoms. The van der Waals surface area contributed by atoms with E-state index < -0.39 is 0 Å². The maximum atomic E-state index is 11.9. The first-order valence-electron chi connectivity index (χ1n) is 7.56. The molecule has 1 N–H and O–H groups in total. The zero-order chi connectivity index (χ0) is 16.9. The first-order valence-corrected chi connectivity index (χ1v) is 9.09. The number of fused-ring (bicyclic) bond motifs is 1. The number of aryl methyl sites for hydroxylation is 1. The maximum absolute atomic E-state index is 11.9. The molecule has 6 heteroatoms. The lowest BCUT2D eigenvalue weighted by molar-refractivity contribution is -0.118. The van der Waals surface area contributed by atoms with E-state index >= 15 is 0 Å². The van der Waals surface area contributed by atoms with Crippen molar-refractivity contribution < 1.29 is 9.21 Å². The van der Waals surface area contributed by atoms with Gasteiger partial charge in [-0.15, -0.1) is 11.8 Å². The number of carbonyl (C=O) groups is 1. The Hall–Kier alpha value is -1.98. The van der Waals surface area contributed by atoms with Crippen molar-refractivity contribution in [2.75, 3.05) is 5.75 Å². The van der Waals surface area contributed by atoms with Crippen LogP contribution in [-0.2, 0) is 17.1 Å². The number of amides is 1. The van der Waals surface area contributed by atoms with Crippen LogP contribution < -0.4 is 5.32 Å². The summed E-state index contributed by atoms with van der Waals surface area (Å²) in [5.41, 5.74) is 3.68. The number of oxazole rings is 1. The number of hydrogen-bond acceptors (Lipinski definition) is 4. The van der Waals surface area contributed by atoms with Crippen molar-refractivity contribution in [3.05, 3.63) is 64.5 Å². The second-order valence-corrected chi connectivity index (χ2v) is 6.78. The summed E-state index contributed by atoms with van der Waals surface area (Å²) in [6.07, 6.45) is 0. The van der Waals surface area contributed by atoms with Gasteiger partial charge in [-0.2, -0.15) is 0 Å². The predicted molar refractivity (Wildman–Crippen MR) is 98.2 cm³/mol. The molecule has 0 aliphatic heterocycles. The molecule has 0 bridgehead atoms. The van der Waals surface area contributed by atoms with Crippen LogP contribution in [0.15, 0.2) is 46.9 Å². The highest BCUT2D eigenvalue weighted by atomic mass is 35.5. The summed E-state index contributed by atoms with van der Waals surface area (Å²) < 4.78 is 5.64. The molecule has 3 aromatic rings. The number of nitrogens with zero attached hydrogens (tertiary/aromatic N) is 1. The molecular weight excluding hydrogens is 344 g/mol. The summed E-state index contributed by atoms with van der Waals surface area (Å²) >= 11 is 7.62. The molecular formula is C18H17ClN2O2S. The van der Waals surface area contributed by atoms with Gasteiger partial charge in [-0.25, -0.2) is 4.98 Å². The monoisotopic (exact) mass is 360 g/mol. The van der Waals surface area contributed by atoms with Crippen LogP contribution in [0.5, 0.6) is 0 Å². The zero-order valence-electron chi connectivity index (χ0n) is 13.2. The first-order chi connectivity index (χ1) is 11.6. The third-order valence-electron chi connectivity index (χ3n) is 3.55. The Balaban J connectivity index is 1.48. The Morgan fingerprint density at radius 3 is 2.88 bits per heavy atom. The van der Waals surface area contributed by atoms with Crippen molar-refractivity contribution in [2.24, 2.45) is 0 Å². The van der Waals surface area contributed by atoms with E-state index in [0.717, 1.165) is 27.2 Å². The fourth-order valence-electron chi connectivity index (χ4n) is 2.30. The van der Waals surface area contributed by atoms with E-state index in [2.05, 4.69) is 10.3 Å². The molecule has 0 saturated heterocycles. The van der Waals surface area contributed by atoms with Gasteiger partial charge in [0.15, 0.2) is 5.58 Å². The molecule has 0 unspecified atom stereocenters. The van der Waals surface area contributed by atoms with Crippen molar-refractivity contribution in [1.29, 1.82) is 0 Å². The lowest BCUT2D eigenvalue weighted by atomic mass is 10.2. The quantitative estimate of drug-likeness (QED) is 0.710. The van der Waals surface area contributed by atoms with Gasteiger partial charge in [-0.1, -0.05) is 41.9 Å². The maximum Gasteiger partial charge on any atom is 0.230 e. The molecule has 1 heterocycles. The summed E-state index contributed by atoms with van der Waals surface area (Å²) in [5.74, 6) is 1.54. The second-order valence-electron chi connectivity index (χ2n) is 5.39. The average Bonchev–Trinajstić information content (AvgIpc) is 2.99. The third kappa shape index (κ3) is 4.10. The van der Waals surface area contributed by atoms with Gasteiger partial charge in [0.2, 0.25) is 11.8 Å². The highest BCUT2D eigenvalue weighted by Crippen LogP contribution is 2.21. The van der Waals surface area contributed by atoms with Crippen LogP contribution in [0.1, 0.15) is 17.0 Å². The lowest BCUT2D eigenvalue weighted by Gasteiger charge is -2.04. The van der Waals surface area contributed by atoms with E-state index in [4.69, 9.17) is 16.0 Å². The van der Waals surface area contributed by atoms with Crippen molar-refractivity contribution in [3.63, 3.8) is 0 Å². The fourth-order valence-corrected chi connectivity index (χ4v) is 3.45. The van der Waals surface area contributed by atoms with E-state index in [1.54, 1.807) is 0 Å². The summed E-state index contributed by atoms with van der Waals surface area (Å²) in [7, 11) is 0. The number of para-hydroxylation sites is 1. The van der Waals surface area contributed by atoms with Crippen molar-refractivity contribution in [1.82, 2.24) is 10.3 Å². The molecule has 2 aromatic carbocycles. The molecule has 0 aliphatic carbocycles. The van der Waals surface area contributed by atoms with Crippen LogP contribution in [0.4, 0.5) is 0 Å². The smallest absolute Gasteiger partial charge is 0.230 e. The standard InChI is InChI=1S/C18H17ClN2O2S/c1-12-5-4-8-15-18(12)21-17(23-15)9-20-16(22)11-24-10-13-6-2-3-7-14(13)19/h2-8H,9-11H2,1H3,(H,20,22). The SMILES string of the molecule is Cc1cccc2oc(CNC(=O)CSCc3ccccc3Cl)nc12. The number of thioether (sulfide) groups is 1. The average molecular weight is 361 g/mol. The number of aromatic nitrogens is 1. The molecule has 0 saturated carbocycles.